The summed E-state index contributed by atoms with van der Waals surface area (Å²) in [5, 5.41) is 3.50. The van der Waals surface area contributed by atoms with Gasteiger partial charge in [0.1, 0.15) is 5.82 Å². The first-order valence-electron chi connectivity index (χ1n) is 6.08. The van der Waals surface area contributed by atoms with Crippen LogP contribution in [-0.2, 0) is 4.79 Å². The molecule has 2 rings (SSSR count). The van der Waals surface area contributed by atoms with Crippen molar-refractivity contribution in [1.82, 2.24) is 15.3 Å². The summed E-state index contributed by atoms with van der Waals surface area (Å²) >= 11 is 1.53. The van der Waals surface area contributed by atoms with Gasteiger partial charge in [0.05, 0.1) is 5.92 Å². The number of piperidine rings is 1. The number of nitrogens with one attached hydrogen (secondary N) is 1. The third-order valence-corrected chi connectivity index (χ3v) is 3.73. The van der Waals surface area contributed by atoms with Crippen LogP contribution >= 0.6 is 11.8 Å². The summed E-state index contributed by atoms with van der Waals surface area (Å²) in [7, 11) is 1.69. The van der Waals surface area contributed by atoms with E-state index in [1.165, 1.54) is 11.8 Å². The maximum absolute atomic E-state index is 11.7. The summed E-state index contributed by atoms with van der Waals surface area (Å²) in [4.78, 5) is 22.5. The molecule has 1 fully saturated rings. The lowest BCUT2D eigenvalue weighted by molar-refractivity contribution is -0.124. The molecule has 98 valence electrons. The minimum absolute atomic E-state index is 0.0662. The number of anilines is 1. The zero-order chi connectivity index (χ0) is 13.0. The van der Waals surface area contributed by atoms with Crippen LogP contribution in [0.2, 0.25) is 0 Å². The van der Waals surface area contributed by atoms with Crippen LogP contribution in [0.15, 0.2) is 17.4 Å². The Morgan fingerprint density at radius 3 is 3.17 bits per heavy atom. The van der Waals surface area contributed by atoms with Crippen molar-refractivity contribution in [1.29, 1.82) is 0 Å². The number of nitrogens with zero attached hydrogens (tertiary/aromatic N) is 3. The molecule has 1 atom stereocenters. The molecule has 1 aromatic heterocycles. The number of carbonyl (C=O) groups is 1. The van der Waals surface area contributed by atoms with Gasteiger partial charge in [-0.2, -0.15) is 0 Å². The minimum atomic E-state index is 0.0662. The molecule has 2 heterocycles. The molecule has 1 aliphatic heterocycles. The SMILES string of the molecule is CNC(=O)C1CCCN(c2ccnc(SC)n2)C1. The molecule has 0 bridgehead atoms. The quantitative estimate of drug-likeness (QED) is 0.657. The van der Waals surface area contributed by atoms with Gasteiger partial charge in [0.25, 0.3) is 0 Å². The summed E-state index contributed by atoms with van der Waals surface area (Å²) in [5.41, 5.74) is 0. The molecule has 6 heteroatoms. The average Bonchev–Trinajstić information content (AvgIpc) is 2.46. The molecule has 0 aromatic carbocycles. The van der Waals surface area contributed by atoms with Crippen molar-refractivity contribution in [2.24, 2.45) is 5.92 Å². The first-order valence-corrected chi connectivity index (χ1v) is 7.30. The van der Waals surface area contributed by atoms with E-state index >= 15 is 0 Å². The lowest BCUT2D eigenvalue weighted by Crippen LogP contribution is -2.42. The number of thioether (sulfide) groups is 1. The molecule has 1 amide bonds. The van der Waals surface area contributed by atoms with E-state index in [9.17, 15) is 4.79 Å². The Balaban J connectivity index is 2.10. The van der Waals surface area contributed by atoms with Gasteiger partial charge in [-0.3, -0.25) is 4.79 Å². The molecule has 1 saturated heterocycles. The summed E-state index contributed by atoms with van der Waals surface area (Å²) < 4.78 is 0. The summed E-state index contributed by atoms with van der Waals surface area (Å²) in [6.45, 7) is 1.70. The van der Waals surface area contributed by atoms with E-state index in [2.05, 4.69) is 20.2 Å². The first kappa shape index (κ1) is 13.1. The van der Waals surface area contributed by atoms with Crippen molar-refractivity contribution in [2.45, 2.75) is 18.0 Å². The van der Waals surface area contributed by atoms with E-state index in [1.807, 2.05) is 12.3 Å². The van der Waals surface area contributed by atoms with E-state index < -0.39 is 0 Å². The molecule has 0 radical (unpaired) electrons. The number of amides is 1. The van der Waals surface area contributed by atoms with Gasteiger partial charge in [0, 0.05) is 26.3 Å². The molecule has 0 aliphatic carbocycles. The fourth-order valence-electron chi connectivity index (χ4n) is 2.21. The van der Waals surface area contributed by atoms with E-state index in [0.717, 1.165) is 36.9 Å². The standard InChI is InChI=1S/C12H18N4OS/c1-13-11(17)9-4-3-7-16(8-9)10-5-6-14-12(15-10)18-2/h5-6,9H,3-4,7-8H2,1-2H3,(H,13,17). The van der Waals surface area contributed by atoms with E-state index in [0.29, 0.717) is 0 Å². The fourth-order valence-corrected chi connectivity index (χ4v) is 2.56. The monoisotopic (exact) mass is 266 g/mol. The van der Waals surface area contributed by atoms with Crippen LogP contribution in [0.5, 0.6) is 0 Å². The van der Waals surface area contributed by atoms with Crippen LogP contribution in [0.3, 0.4) is 0 Å². The number of hydrogen-bond acceptors (Lipinski definition) is 5. The molecule has 5 nitrogen and oxygen atoms in total. The lowest BCUT2D eigenvalue weighted by atomic mass is 9.97. The van der Waals surface area contributed by atoms with Crippen molar-refractivity contribution < 1.29 is 4.79 Å². The highest BCUT2D eigenvalue weighted by Crippen LogP contribution is 2.22. The van der Waals surface area contributed by atoms with Crippen LogP contribution in [0.25, 0.3) is 0 Å². The smallest absolute Gasteiger partial charge is 0.224 e. The zero-order valence-corrected chi connectivity index (χ0v) is 11.5. The molecule has 1 aromatic rings. The molecular weight excluding hydrogens is 248 g/mol. The largest absolute Gasteiger partial charge is 0.359 e. The van der Waals surface area contributed by atoms with Crippen LogP contribution in [-0.4, -0.2) is 42.3 Å². The minimum Gasteiger partial charge on any atom is -0.359 e. The normalized spacial score (nSPS) is 19.7. The van der Waals surface area contributed by atoms with Gasteiger partial charge in [0.2, 0.25) is 5.91 Å². The summed E-state index contributed by atoms with van der Waals surface area (Å²) in [6, 6.07) is 1.91. The maximum atomic E-state index is 11.7. The van der Waals surface area contributed by atoms with Gasteiger partial charge >= 0.3 is 0 Å². The second kappa shape index (κ2) is 6.04. The Hall–Kier alpha value is -1.30. The van der Waals surface area contributed by atoms with Crippen molar-refractivity contribution in [3.63, 3.8) is 0 Å². The van der Waals surface area contributed by atoms with Crippen molar-refractivity contribution in [3.05, 3.63) is 12.3 Å². The molecule has 1 unspecified atom stereocenters. The Morgan fingerprint density at radius 1 is 1.61 bits per heavy atom. The molecule has 0 saturated carbocycles. The number of hydrogen-bond donors (Lipinski definition) is 1. The average molecular weight is 266 g/mol. The highest BCUT2D eigenvalue weighted by atomic mass is 32.2. The maximum Gasteiger partial charge on any atom is 0.224 e. The third kappa shape index (κ3) is 2.93. The summed E-state index contributed by atoms with van der Waals surface area (Å²) in [6.07, 6.45) is 5.72. The molecule has 0 spiro atoms. The molecule has 1 aliphatic rings. The second-order valence-electron chi connectivity index (χ2n) is 4.30. The van der Waals surface area contributed by atoms with Gasteiger partial charge in [-0.25, -0.2) is 9.97 Å². The van der Waals surface area contributed by atoms with Crippen LogP contribution < -0.4 is 10.2 Å². The molecule has 18 heavy (non-hydrogen) atoms. The Kier molecular flexibility index (Phi) is 4.41. The summed E-state index contributed by atoms with van der Waals surface area (Å²) in [5.74, 6) is 1.11. The van der Waals surface area contributed by atoms with E-state index in [4.69, 9.17) is 0 Å². The second-order valence-corrected chi connectivity index (χ2v) is 5.07. The van der Waals surface area contributed by atoms with E-state index in [1.54, 1.807) is 13.2 Å². The fraction of sp³-hybridized carbons (Fsp3) is 0.583. The Morgan fingerprint density at radius 2 is 2.44 bits per heavy atom. The lowest BCUT2D eigenvalue weighted by Gasteiger charge is -2.32. The van der Waals surface area contributed by atoms with Crippen molar-refractivity contribution >= 4 is 23.5 Å². The van der Waals surface area contributed by atoms with Gasteiger partial charge < -0.3 is 10.2 Å². The Bertz CT molecular complexity index is 426. The van der Waals surface area contributed by atoms with Gasteiger partial charge in [-0.05, 0) is 25.2 Å². The van der Waals surface area contributed by atoms with Gasteiger partial charge in [0.15, 0.2) is 5.16 Å². The Labute approximate surface area is 111 Å². The van der Waals surface area contributed by atoms with Crippen molar-refractivity contribution in [3.8, 4) is 0 Å². The third-order valence-electron chi connectivity index (χ3n) is 3.16. The van der Waals surface area contributed by atoms with Crippen LogP contribution in [0, 0.1) is 5.92 Å². The predicted molar refractivity (Wildman–Crippen MR) is 72.8 cm³/mol. The molecular formula is C12H18N4OS. The number of rotatable bonds is 3. The van der Waals surface area contributed by atoms with Crippen LogP contribution in [0.4, 0.5) is 5.82 Å². The predicted octanol–water partition coefficient (Wildman–Crippen LogP) is 1.16. The highest BCUT2D eigenvalue weighted by molar-refractivity contribution is 7.98. The van der Waals surface area contributed by atoms with E-state index in [-0.39, 0.29) is 11.8 Å². The topological polar surface area (TPSA) is 58.1 Å². The first-order chi connectivity index (χ1) is 8.74. The molecule has 1 N–H and O–H groups in total. The number of aromatic nitrogens is 2. The van der Waals surface area contributed by atoms with Gasteiger partial charge in [-0.15, -0.1) is 0 Å². The highest BCUT2D eigenvalue weighted by Gasteiger charge is 2.25. The number of carbonyl (C=O) groups excluding carboxylic acids is 1. The van der Waals surface area contributed by atoms with Crippen molar-refractivity contribution in [2.75, 3.05) is 31.3 Å². The van der Waals surface area contributed by atoms with Crippen LogP contribution in [0.1, 0.15) is 12.8 Å². The zero-order valence-electron chi connectivity index (χ0n) is 10.7. The van der Waals surface area contributed by atoms with Gasteiger partial charge in [-0.1, -0.05) is 11.8 Å².